The average Bonchev–Trinajstić information content (AvgIpc) is 2.08. The SMILES string of the molecule is O=S1(=Nc2c(Br)cc(F)cc2Br)CCC1. The molecule has 0 radical (unpaired) electrons. The average molecular weight is 357 g/mol. The zero-order chi connectivity index (χ0) is 11.1. The quantitative estimate of drug-likeness (QED) is 0.751. The predicted octanol–water partition coefficient (Wildman–Crippen LogP) is 3.85. The number of benzene rings is 1. The molecule has 2 nitrogen and oxygen atoms in total. The van der Waals surface area contributed by atoms with E-state index in [0.29, 0.717) is 26.1 Å². The summed E-state index contributed by atoms with van der Waals surface area (Å²) in [5.41, 5.74) is 0.543. The van der Waals surface area contributed by atoms with Gasteiger partial charge in [-0.25, -0.2) is 8.60 Å². The summed E-state index contributed by atoms with van der Waals surface area (Å²) in [4.78, 5) is 0. The summed E-state index contributed by atoms with van der Waals surface area (Å²) in [5.74, 6) is 0.934. The molecule has 0 aliphatic carbocycles. The highest BCUT2D eigenvalue weighted by atomic mass is 79.9. The molecule has 6 heteroatoms. The molecule has 0 unspecified atom stereocenters. The van der Waals surface area contributed by atoms with Gasteiger partial charge in [0, 0.05) is 20.5 Å². The zero-order valence-electron chi connectivity index (χ0n) is 7.67. The van der Waals surface area contributed by atoms with Crippen LogP contribution in [0.15, 0.2) is 25.4 Å². The molecule has 0 aromatic heterocycles. The molecule has 0 bridgehead atoms. The van der Waals surface area contributed by atoms with Gasteiger partial charge in [0.15, 0.2) is 0 Å². The third kappa shape index (κ3) is 2.42. The first-order chi connectivity index (χ1) is 7.00. The summed E-state index contributed by atoms with van der Waals surface area (Å²) in [6.07, 6.45) is 0.957. The molecule has 1 aromatic rings. The van der Waals surface area contributed by atoms with Gasteiger partial charge in [0.1, 0.15) is 11.5 Å². The van der Waals surface area contributed by atoms with Gasteiger partial charge in [0.05, 0.1) is 9.73 Å². The van der Waals surface area contributed by atoms with E-state index in [-0.39, 0.29) is 5.82 Å². The molecular formula is C9H8Br2FNOS. The molecule has 0 saturated carbocycles. The monoisotopic (exact) mass is 355 g/mol. The molecule has 82 valence electrons. The van der Waals surface area contributed by atoms with Crippen LogP contribution in [-0.2, 0) is 9.73 Å². The standard InChI is InChI=1S/C9H8Br2FNOS/c10-7-4-6(12)5-8(11)9(7)13-15(14)2-1-3-15/h4-5H,1-3H2. The second-order valence-corrected chi connectivity index (χ2v) is 7.60. The highest BCUT2D eigenvalue weighted by Crippen LogP contribution is 2.36. The Labute approximate surface area is 105 Å². The molecule has 1 aliphatic rings. The third-order valence-corrected chi connectivity index (χ3v) is 5.74. The second-order valence-electron chi connectivity index (χ2n) is 3.34. The van der Waals surface area contributed by atoms with E-state index >= 15 is 0 Å². The van der Waals surface area contributed by atoms with Crippen LogP contribution >= 0.6 is 31.9 Å². The van der Waals surface area contributed by atoms with Crippen LogP contribution in [0.4, 0.5) is 10.1 Å². The molecule has 1 fully saturated rings. The summed E-state index contributed by atoms with van der Waals surface area (Å²) in [6, 6.07) is 2.65. The summed E-state index contributed by atoms with van der Waals surface area (Å²) < 4.78 is 30.1. The molecule has 1 saturated heterocycles. The van der Waals surface area contributed by atoms with Crippen molar-refractivity contribution in [3.8, 4) is 0 Å². The lowest BCUT2D eigenvalue weighted by Gasteiger charge is -2.18. The minimum Gasteiger partial charge on any atom is -0.249 e. The van der Waals surface area contributed by atoms with Gasteiger partial charge < -0.3 is 0 Å². The van der Waals surface area contributed by atoms with E-state index in [0.717, 1.165) is 6.42 Å². The van der Waals surface area contributed by atoms with Crippen molar-refractivity contribution in [3.05, 3.63) is 26.9 Å². The largest absolute Gasteiger partial charge is 0.249 e. The number of hydrogen-bond acceptors (Lipinski definition) is 2. The lowest BCUT2D eigenvalue weighted by molar-refractivity contribution is 0.626. The van der Waals surface area contributed by atoms with Gasteiger partial charge in [0.2, 0.25) is 0 Å². The first kappa shape index (κ1) is 11.5. The smallest absolute Gasteiger partial charge is 0.125 e. The highest BCUT2D eigenvalue weighted by molar-refractivity contribution is 9.11. The van der Waals surface area contributed by atoms with Crippen molar-refractivity contribution in [2.75, 3.05) is 11.5 Å². The Hall–Kier alpha value is 0.0600. The fourth-order valence-corrected chi connectivity index (χ4v) is 4.31. The van der Waals surface area contributed by atoms with Crippen LogP contribution in [0.25, 0.3) is 0 Å². The lowest BCUT2D eigenvalue weighted by atomic mass is 10.3. The number of halogens is 3. The summed E-state index contributed by atoms with van der Waals surface area (Å²) in [5, 5.41) is 0. The molecule has 0 spiro atoms. The van der Waals surface area contributed by atoms with E-state index in [4.69, 9.17) is 0 Å². The van der Waals surface area contributed by atoms with Crippen LogP contribution in [0, 0.1) is 5.82 Å². The molecule has 1 heterocycles. The van der Waals surface area contributed by atoms with E-state index < -0.39 is 9.73 Å². The molecule has 0 atom stereocenters. The van der Waals surface area contributed by atoms with E-state index in [2.05, 4.69) is 36.2 Å². The maximum absolute atomic E-state index is 13.0. The van der Waals surface area contributed by atoms with Gasteiger partial charge in [0.25, 0.3) is 0 Å². The van der Waals surface area contributed by atoms with Crippen LogP contribution in [0.2, 0.25) is 0 Å². The normalized spacial score (nSPS) is 18.3. The minimum atomic E-state index is -2.06. The molecular weight excluding hydrogens is 349 g/mol. The van der Waals surface area contributed by atoms with Crippen LogP contribution in [-0.4, -0.2) is 15.7 Å². The van der Waals surface area contributed by atoms with Crippen LogP contribution in [0.3, 0.4) is 0 Å². The van der Waals surface area contributed by atoms with E-state index in [1.807, 2.05) is 0 Å². The predicted molar refractivity (Wildman–Crippen MR) is 66.4 cm³/mol. The Morgan fingerprint density at radius 2 is 1.80 bits per heavy atom. The number of hydrogen-bond donors (Lipinski definition) is 0. The van der Waals surface area contributed by atoms with Gasteiger partial charge in [-0.15, -0.1) is 0 Å². The fraction of sp³-hybridized carbons (Fsp3) is 0.333. The van der Waals surface area contributed by atoms with Gasteiger partial charge >= 0.3 is 0 Å². The summed E-state index contributed by atoms with van der Waals surface area (Å²) in [7, 11) is -2.06. The van der Waals surface area contributed by atoms with Crippen LogP contribution in [0.1, 0.15) is 6.42 Å². The van der Waals surface area contributed by atoms with E-state index in [1.165, 1.54) is 12.1 Å². The Bertz CT molecular complexity index is 490. The maximum Gasteiger partial charge on any atom is 0.125 e. The van der Waals surface area contributed by atoms with Crippen LogP contribution < -0.4 is 0 Å². The topological polar surface area (TPSA) is 29.4 Å². The third-order valence-electron chi connectivity index (χ3n) is 2.17. The Morgan fingerprint density at radius 3 is 2.20 bits per heavy atom. The summed E-state index contributed by atoms with van der Waals surface area (Å²) in [6.45, 7) is 0. The van der Waals surface area contributed by atoms with Gasteiger partial charge in [-0.1, -0.05) is 0 Å². The van der Waals surface area contributed by atoms with E-state index in [9.17, 15) is 8.60 Å². The van der Waals surface area contributed by atoms with Crippen molar-refractivity contribution < 1.29 is 8.60 Å². The summed E-state index contributed by atoms with van der Waals surface area (Å²) >= 11 is 6.43. The first-order valence-corrected chi connectivity index (χ1v) is 7.81. The zero-order valence-corrected chi connectivity index (χ0v) is 11.7. The highest BCUT2D eigenvalue weighted by Gasteiger charge is 2.20. The molecule has 1 aromatic carbocycles. The fourth-order valence-electron chi connectivity index (χ4n) is 1.27. The van der Waals surface area contributed by atoms with Crippen LogP contribution in [0.5, 0.6) is 0 Å². The second kappa shape index (κ2) is 4.14. The van der Waals surface area contributed by atoms with Crippen molar-refractivity contribution in [3.63, 3.8) is 0 Å². The Balaban J connectivity index is 2.54. The van der Waals surface area contributed by atoms with Crippen molar-refractivity contribution in [2.45, 2.75) is 6.42 Å². The van der Waals surface area contributed by atoms with E-state index in [1.54, 1.807) is 0 Å². The molecule has 15 heavy (non-hydrogen) atoms. The maximum atomic E-state index is 13.0. The first-order valence-electron chi connectivity index (χ1n) is 4.37. The molecule has 0 N–H and O–H groups in total. The number of rotatable bonds is 1. The number of nitrogens with zero attached hydrogens (tertiary/aromatic N) is 1. The Morgan fingerprint density at radius 1 is 1.27 bits per heavy atom. The van der Waals surface area contributed by atoms with Crippen molar-refractivity contribution in [2.24, 2.45) is 4.36 Å². The Kier molecular flexibility index (Phi) is 3.19. The van der Waals surface area contributed by atoms with Crippen molar-refractivity contribution in [1.82, 2.24) is 0 Å². The van der Waals surface area contributed by atoms with Gasteiger partial charge in [-0.2, -0.15) is 4.36 Å². The van der Waals surface area contributed by atoms with Crippen molar-refractivity contribution in [1.29, 1.82) is 0 Å². The molecule has 1 aliphatic heterocycles. The minimum absolute atomic E-state index is 0.351. The van der Waals surface area contributed by atoms with Gasteiger partial charge in [-0.05, 0) is 50.4 Å². The lowest BCUT2D eigenvalue weighted by Crippen LogP contribution is -2.23. The molecule has 2 rings (SSSR count). The molecule has 0 amide bonds. The van der Waals surface area contributed by atoms with Gasteiger partial charge in [-0.3, -0.25) is 0 Å². The van der Waals surface area contributed by atoms with Crippen molar-refractivity contribution >= 4 is 47.3 Å².